The van der Waals surface area contributed by atoms with E-state index in [0.717, 1.165) is 11.5 Å². The fraction of sp³-hybridized carbons (Fsp3) is 0.474. The van der Waals surface area contributed by atoms with Crippen molar-refractivity contribution in [1.29, 1.82) is 0 Å². The summed E-state index contributed by atoms with van der Waals surface area (Å²) in [6.45, 7) is 4.14. The molecule has 10 nitrogen and oxygen atoms in total. The average Bonchev–Trinajstić information content (AvgIpc) is 2.90. The monoisotopic (exact) mass is 456 g/mol. The van der Waals surface area contributed by atoms with Crippen LogP contribution in [0.2, 0.25) is 0 Å². The minimum Gasteiger partial charge on any atom is -0.413 e. The van der Waals surface area contributed by atoms with Gasteiger partial charge in [-0.2, -0.15) is 4.98 Å². The molecule has 1 unspecified atom stereocenters. The maximum Gasteiger partial charge on any atom is 0.459 e. The van der Waals surface area contributed by atoms with Crippen LogP contribution in [0.4, 0.5) is 10.2 Å². The number of anilines is 1. The Kier molecular flexibility index (Phi) is 6.82. The molecule has 0 spiro atoms. The van der Waals surface area contributed by atoms with E-state index in [1.54, 1.807) is 44.2 Å². The zero-order valence-electron chi connectivity index (χ0n) is 17.3. The predicted molar refractivity (Wildman–Crippen MR) is 111 cm³/mol. The number of nitrogens with one attached hydrogen (secondary N) is 1. The Hall–Kier alpha value is -2.30. The normalized spacial score (nSPS) is 27.9. The number of hydrogen-bond acceptors (Lipinski definition) is 8. The molecular formula is C19H26FN4O6P. The minimum absolute atomic E-state index is 0.0287. The number of aliphatic hydroxyl groups is 1. The Balaban J connectivity index is 1.77. The lowest BCUT2D eigenvalue weighted by molar-refractivity contribution is -0.0592. The molecule has 2 heterocycles. The van der Waals surface area contributed by atoms with Crippen molar-refractivity contribution in [2.24, 2.45) is 0 Å². The number of halogens is 1. The maximum atomic E-state index is 15.3. The molecule has 0 amide bonds. The van der Waals surface area contributed by atoms with Gasteiger partial charge in [0.05, 0.1) is 6.61 Å². The Bertz CT molecular complexity index is 1000. The number of ether oxygens (including phenoxy) is 1. The third-order valence-electron chi connectivity index (χ3n) is 4.62. The summed E-state index contributed by atoms with van der Waals surface area (Å²) in [6.07, 6.45) is -3.16. The van der Waals surface area contributed by atoms with Gasteiger partial charge in [0, 0.05) is 12.2 Å². The molecule has 0 saturated carbocycles. The van der Waals surface area contributed by atoms with Crippen molar-refractivity contribution in [2.45, 2.75) is 50.9 Å². The van der Waals surface area contributed by atoms with Crippen molar-refractivity contribution in [3.63, 3.8) is 0 Å². The van der Waals surface area contributed by atoms with Crippen LogP contribution in [0.15, 0.2) is 47.4 Å². The van der Waals surface area contributed by atoms with Gasteiger partial charge in [-0.15, -0.1) is 0 Å². The van der Waals surface area contributed by atoms with Crippen LogP contribution in [0, 0.1) is 0 Å². The summed E-state index contributed by atoms with van der Waals surface area (Å²) in [4.78, 5) is 15.7. The molecule has 1 aromatic carbocycles. The summed E-state index contributed by atoms with van der Waals surface area (Å²) in [5.41, 5.74) is 2.28. The highest BCUT2D eigenvalue weighted by molar-refractivity contribution is 7.52. The fourth-order valence-corrected chi connectivity index (χ4v) is 4.71. The van der Waals surface area contributed by atoms with E-state index in [2.05, 4.69) is 10.1 Å². The van der Waals surface area contributed by atoms with E-state index in [9.17, 15) is 14.5 Å². The zero-order chi connectivity index (χ0) is 22.8. The smallest absolute Gasteiger partial charge is 0.413 e. The van der Waals surface area contributed by atoms with Gasteiger partial charge in [-0.3, -0.25) is 9.09 Å². The Morgan fingerprint density at radius 2 is 2.06 bits per heavy atom. The third-order valence-corrected chi connectivity index (χ3v) is 6.39. The lowest BCUT2D eigenvalue weighted by Crippen LogP contribution is -2.43. The van der Waals surface area contributed by atoms with Crippen molar-refractivity contribution in [2.75, 3.05) is 12.3 Å². The quantitative estimate of drug-likeness (QED) is 0.509. The van der Waals surface area contributed by atoms with E-state index < -0.39 is 44.1 Å². The number of nitrogens with two attached hydrogens (primary N) is 1. The van der Waals surface area contributed by atoms with Crippen molar-refractivity contribution in [3.05, 3.63) is 53.1 Å². The second kappa shape index (κ2) is 9.05. The summed E-state index contributed by atoms with van der Waals surface area (Å²) >= 11 is 0. The van der Waals surface area contributed by atoms with Crippen LogP contribution in [0.1, 0.15) is 27.0 Å². The molecule has 1 aliphatic rings. The van der Waals surface area contributed by atoms with E-state index in [4.69, 9.17) is 19.5 Å². The van der Waals surface area contributed by atoms with Gasteiger partial charge >= 0.3 is 13.4 Å². The molecule has 1 saturated heterocycles. The number of aromatic nitrogens is 2. The van der Waals surface area contributed by atoms with Crippen LogP contribution >= 0.6 is 7.75 Å². The van der Waals surface area contributed by atoms with E-state index in [1.165, 1.54) is 12.3 Å². The number of alkyl halides is 1. The number of nitrogen functional groups attached to an aromatic ring is 1. The number of benzene rings is 1. The summed E-state index contributed by atoms with van der Waals surface area (Å²) in [6, 6.07) is 9.44. The molecule has 31 heavy (non-hydrogen) atoms. The fourth-order valence-electron chi connectivity index (χ4n) is 3.15. The minimum atomic E-state index is -3.89. The molecular weight excluding hydrogens is 430 g/mol. The number of nitrogens with zero attached hydrogens (tertiary/aromatic N) is 2. The number of aliphatic hydroxyl groups excluding tert-OH is 1. The second-order valence-electron chi connectivity index (χ2n) is 7.65. The van der Waals surface area contributed by atoms with Crippen LogP contribution in [-0.4, -0.2) is 45.2 Å². The van der Waals surface area contributed by atoms with Gasteiger partial charge in [0.25, 0.3) is 0 Å². The zero-order valence-corrected chi connectivity index (χ0v) is 18.2. The number of para-hydroxylation sites is 1. The van der Waals surface area contributed by atoms with E-state index in [1.807, 2.05) is 0 Å². The first kappa shape index (κ1) is 23.4. The number of hydrogen-bond donors (Lipinski definition) is 3. The molecule has 3 rings (SSSR count). The van der Waals surface area contributed by atoms with Crippen molar-refractivity contribution in [1.82, 2.24) is 14.6 Å². The van der Waals surface area contributed by atoms with Crippen LogP contribution in [0.5, 0.6) is 5.75 Å². The standard InChI is InChI=1S/C19H26FN4O6P/c1-12(2)23-31(27,30-13-7-5-4-6-8-13)28-11-14-16(25)19(3,20)17(29-14)24-10-9-15(21)22-18(24)26/h4-10,12,14,16-17,25H,11H2,1-3H3,(H,23,27)(H2,21,22,26)/t14-,16-,17-,19-,31?/m1/s1. The molecule has 5 atom stereocenters. The molecule has 0 aliphatic carbocycles. The Morgan fingerprint density at radius 3 is 2.68 bits per heavy atom. The molecule has 1 fully saturated rings. The topological polar surface area (TPSA) is 138 Å². The predicted octanol–water partition coefficient (Wildman–Crippen LogP) is 2.01. The van der Waals surface area contributed by atoms with Gasteiger partial charge < -0.3 is 20.1 Å². The van der Waals surface area contributed by atoms with Gasteiger partial charge in [-0.05, 0) is 39.0 Å². The highest BCUT2D eigenvalue weighted by Gasteiger charge is 2.55. The molecule has 4 N–H and O–H groups in total. The molecule has 2 aromatic rings. The lowest BCUT2D eigenvalue weighted by Gasteiger charge is -2.25. The van der Waals surface area contributed by atoms with Crippen molar-refractivity contribution in [3.8, 4) is 5.75 Å². The Morgan fingerprint density at radius 1 is 1.39 bits per heavy atom. The number of rotatable bonds is 8. The SMILES string of the molecule is CC(C)NP(=O)(OC[C@H]1O[C@@H](n2ccc(N)nc2=O)[C@](C)(F)[C@@H]1O)Oc1ccccc1. The largest absolute Gasteiger partial charge is 0.459 e. The van der Waals surface area contributed by atoms with Crippen LogP contribution in [-0.2, 0) is 13.8 Å². The molecule has 170 valence electrons. The molecule has 12 heteroatoms. The summed E-state index contributed by atoms with van der Waals surface area (Å²) < 4.78 is 46.0. The first-order valence-corrected chi connectivity index (χ1v) is 11.2. The maximum absolute atomic E-state index is 15.3. The summed E-state index contributed by atoms with van der Waals surface area (Å²) in [5, 5.41) is 13.2. The van der Waals surface area contributed by atoms with Crippen LogP contribution in [0.3, 0.4) is 0 Å². The first-order valence-electron chi connectivity index (χ1n) is 9.66. The summed E-state index contributed by atoms with van der Waals surface area (Å²) in [7, 11) is -3.89. The lowest BCUT2D eigenvalue weighted by atomic mass is 9.98. The van der Waals surface area contributed by atoms with E-state index >= 15 is 4.39 Å². The molecule has 0 radical (unpaired) electrons. The third kappa shape index (κ3) is 5.31. The highest BCUT2D eigenvalue weighted by Crippen LogP contribution is 2.47. The second-order valence-corrected chi connectivity index (χ2v) is 9.34. The Labute approximate surface area is 178 Å². The van der Waals surface area contributed by atoms with Gasteiger partial charge in [0.15, 0.2) is 11.9 Å². The molecule has 1 aliphatic heterocycles. The average molecular weight is 456 g/mol. The summed E-state index contributed by atoms with van der Waals surface area (Å²) in [5.74, 6) is 0.276. The highest BCUT2D eigenvalue weighted by atomic mass is 31.2. The van der Waals surface area contributed by atoms with Crippen LogP contribution in [0.25, 0.3) is 0 Å². The first-order chi connectivity index (χ1) is 14.5. The van der Waals surface area contributed by atoms with Crippen molar-refractivity contribution >= 4 is 13.6 Å². The van der Waals surface area contributed by atoms with Gasteiger partial charge in [-0.1, -0.05) is 18.2 Å². The van der Waals surface area contributed by atoms with Gasteiger partial charge in [0.2, 0.25) is 0 Å². The van der Waals surface area contributed by atoms with Gasteiger partial charge in [0.1, 0.15) is 23.8 Å². The van der Waals surface area contributed by atoms with E-state index in [-0.39, 0.29) is 11.9 Å². The van der Waals surface area contributed by atoms with Gasteiger partial charge in [-0.25, -0.2) is 18.8 Å². The molecule has 1 aromatic heterocycles. The van der Waals surface area contributed by atoms with Crippen molar-refractivity contribution < 1.29 is 27.8 Å². The van der Waals surface area contributed by atoms with Crippen LogP contribution < -0.4 is 21.0 Å². The molecule has 0 bridgehead atoms. The van der Waals surface area contributed by atoms with E-state index in [0.29, 0.717) is 5.75 Å².